The first-order valence-corrected chi connectivity index (χ1v) is 4.40. The standard InChI is InChI=1S/C10H9FO5/c1-2-16-7-4-5(12)3-6(8(7)11)9(13)10(14)15/h3-4,12H,2H2,1H3,(H,14,15). The lowest BCUT2D eigenvalue weighted by molar-refractivity contribution is -0.131. The van der Waals surface area contributed by atoms with E-state index in [2.05, 4.69) is 0 Å². The highest BCUT2D eigenvalue weighted by Crippen LogP contribution is 2.27. The number of phenols is 1. The maximum atomic E-state index is 13.5. The topological polar surface area (TPSA) is 83.8 Å². The second kappa shape index (κ2) is 4.61. The number of ether oxygens (including phenoxy) is 1. The summed E-state index contributed by atoms with van der Waals surface area (Å²) in [6.07, 6.45) is 0. The van der Waals surface area contributed by atoms with Gasteiger partial charge in [0.15, 0.2) is 11.6 Å². The van der Waals surface area contributed by atoms with Crippen LogP contribution in [0.2, 0.25) is 0 Å². The molecule has 0 bridgehead atoms. The van der Waals surface area contributed by atoms with Crippen molar-refractivity contribution in [2.75, 3.05) is 6.61 Å². The van der Waals surface area contributed by atoms with Gasteiger partial charge in [-0.25, -0.2) is 9.18 Å². The summed E-state index contributed by atoms with van der Waals surface area (Å²) in [5.74, 6) is -5.12. The lowest BCUT2D eigenvalue weighted by atomic mass is 10.1. The molecule has 2 N–H and O–H groups in total. The number of hydrogen-bond acceptors (Lipinski definition) is 4. The van der Waals surface area contributed by atoms with E-state index in [1.54, 1.807) is 6.92 Å². The van der Waals surface area contributed by atoms with Crippen molar-refractivity contribution in [2.45, 2.75) is 6.92 Å². The zero-order valence-corrected chi connectivity index (χ0v) is 8.36. The summed E-state index contributed by atoms with van der Waals surface area (Å²) < 4.78 is 18.3. The zero-order valence-electron chi connectivity index (χ0n) is 8.36. The minimum atomic E-state index is -1.80. The summed E-state index contributed by atoms with van der Waals surface area (Å²) in [5, 5.41) is 17.6. The van der Waals surface area contributed by atoms with Crippen LogP contribution in [0.3, 0.4) is 0 Å². The summed E-state index contributed by atoms with van der Waals surface area (Å²) in [5.41, 5.74) is -0.726. The van der Waals surface area contributed by atoms with Crippen molar-refractivity contribution < 1.29 is 28.9 Å². The van der Waals surface area contributed by atoms with E-state index in [0.717, 1.165) is 12.1 Å². The fourth-order valence-electron chi connectivity index (χ4n) is 1.12. The molecule has 5 nitrogen and oxygen atoms in total. The van der Waals surface area contributed by atoms with Gasteiger partial charge in [0, 0.05) is 6.07 Å². The number of benzene rings is 1. The van der Waals surface area contributed by atoms with Crippen LogP contribution in [0.4, 0.5) is 4.39 Å². The van der Waals surface area contributed by atoms with Gasteiger partial charge in [0.1, 0.15) is 5.75 Å². The summed E-state index contributed by atoms with van der Waals surface area (Å²) >= 11 is 0. The first kappa shape index (κ1) is 12.0. The van der Waals surface area contributed by atoms with Gasteiger partial charge in [0.05, 0.1) is 12.2 Å². The molecule has 86 valence electrons. The van der Waals surface area contributed by atoms with Crippen LogP contribution in [0.1, 0.15) is 17.3 Å². The molecule has 1 aromatic rings. The third kappa shape index (κ3) is 2.28. The van der Waals surface area contributed by atoms with Crippen LogP contribution in [-0.4, -0.2) is 28.6 Å². The molecule has 0 spiro atoms. The normalized spacial score (nSPS) is 9.88. The van der Waals surface area contributed by atoms with Crippen molar-refractivity contribution in [1.29, 1.82) is 0 Å². The Hall–Kier alpha value is -2.11. The maximum Gasteiger partial charge on any atom is 0.377 e. The van der Waals surface area contributed by atoms with Gasteiger partial charge in [-0.3, -0.25) is 4.79 Å². The Morgan fingerprint density at radius 2 is 2.06 bits per heavy atom. The van der Waals surface area contributed by atoms with Gasteiger partial charge in [0.25, 0.3) is 5.78 Å². The van der Waals surface area contributed by atoms with Gasteiger partial charge in [-0.15, -0.1) is 0 Å². The Kier molecular flexibility index (Phi) is 3.44. The van der Waals surface area contributed by atoms with E-state index in [4.69, 9.17) is 9.84 Å². The lowest BCUT2D eigenvalue weighted by Gasteiger charge is -2.07. The molecule has 0 radical (unpaired) electrons. The smallest absolute Gasteiger partial charge is 0.377 e. The van der Waals surface area contributed by atoms with E-state index in [1.807, 2.05) is 0 Å². The number of carbonyl (C=O) groups excluding carboxylic acids is 1. The molecule has 0 fully saturated rings. The maximum absolute atomic E-state index is 13.5. The predicted molar refractivity (Wildman–Crippen MR) is 51.2 cm³/mol. The van der Waals surface area contributed by atoms with Gasteiger partial charge in [0.2, 0.25) is 0 Å². The van der Waals surface area contributed by atoms with Crippen LogP contribution in [0.15, 0.2) is 12.1 Å². The number of halogens is 1. The molecular formula is C10H9FO5. The van der Waals surface area contributed by atoms with Crippen LogP contribution < -0.4 is 4.74 Å². The third-order valence-electron chi connectivity index (χ3n) is 1.76. The summed E-state index contributed by atoms with van der Waals surface area (Å²) in [6, 6.07) is 1.71. The van der Waals surface area contributed by atoms with Crippen molar-refractivity contribution in [3.63, 3.8) is 0 Å². The predicted octanol–water partition coefficient (Wildman–Crippen LogP) is 1.20. The van der Waals surface area contributed by atoms with Gasteiger partial charge in [-0.05, 0) is 13.0 Å². The highest BCUT2D eigenvalue weighted by molar-refractivity contribution is 6.40. The summed E-state index contributed by atoms with van der Waals surface area (Å²) in [6.45, 7) is 1.71. The van der Waals surface area contributed by atoms with Crippen LogP contribution in [-0.2, 0) is 4.79 Å². The van der Waals surface area contributed by atoms with Crippen molar-refractivity contribution in [1.82, 2.24) is 0 Å². The van der Waals surface area contributed by atoms with Crippen LogP contribution in [0.5, 0.6) is 11.5 Å². The number of Topliss-reactive ketones (excluding diaryl/α,β-unsaturated/α-hetero) is 1. The number of ketones is 1. The average Bonchev–Trinajstić information content (AvgIpc) is 2.22. The monoisotopic (exact) mass is 228 g/mol. The molecule has 1 aromatic carbocycles. The SMILES string of the molecule is CCOc1cc(O)cc(C(=O)C(=O)O)c1F. The molecule has 0 amide bonds. The molecule has 6 heteroatoms. The Bertz CT molecular complexity index is 441. The van der Waals surface area contributed by atoms with Crippen molar-refractivity contribution >= 4 is 11.8 Å². The lowest BCUT2D eigenvalue weighted by Crippen LogP contribution is -2.15. The fourth-order valence-corrected chi connectivity index (χ4v) is 1.12. The van der Waals surface area contributed by atoms with Crippen LogP contribution in [0, 0.1) is 5.82 Å². The number of aliphatic carboxylic acids is 1. The molecule has 1 rings (SSSR count). The molecule has 0 saturated carbocycles. The molecule has 0 aromatic heterocycles. The molecule has 0 heterocycles. The number of aromatic hydroxyl groups is 1. The molecule has 0 atom stereocenters. The van der Waals surface area contributed by atoms with Gasteiger partial charge in [-0.2, -0.15) is 0 Å². The fraction of sp³-hybridized carbons (Fsp3) is 0.200. The second-order valence-corrected chi connectivity index (χ2v) is 2.87. The van der Waals surface area contributed by atoms with Crippen molar-refractivity contribution in [2.24, 2.45) is 0 Å². The van der Waals surface area contributed by atoms with Gasteiger partial charge in [-0.1, -0.05) is 0 Å². The molecule has 0 aliphatic rings. The molecular weight excluding hydrogens is 219 g/mol. The second-order valence-electron chi connectivity index (χ2n) is 2.87. The Morgan fingerprint density at radius 1 is 1.44 bits per heavy atom. The van der Waals surface area contributed by atoms with Crippen LogP contribution >= 0.6 is 0 Å². The van der Waals surface area contributed by atoms with E-state index < -0.39 is 28.9 Å². The summed E-state index contributed by atoms with van der Waals surface area (Å²) in [4.78, 5) is 21.5. The number of rotatable bonds is 4. The Balaban J connectivity index is 3.29. The first-order valence-electron chi connectivity index (χ1n) is 4.40. The van der Waals surface area contributed by atoms with Crippen LogP contribution in [0.25, 0.3) is 0 Å². The van der Waals surface area contributed by atoms with Crippen molar-refractivity contribution in [3.05, 3.63) is 23.5 Å². The molecule has 0 saturated heterocycles. The Morgan fingerprint density at radius 3 is 2.56 bits per heavy atom. The largest absolute Gasteiger partial charge is 0.508 e. The molecule has 0 aliphatic carbocycles. The number of carbonyl (C=O) groups is 2. The van der Waals surface area contributed by atoms with E-state index in [1.165, 1.54) is 0 Å². The molecule has 0 unspecified atom stereocenters. The number of carboxylic acids is 1. The first-order chi connectivity index (χ1) is 7.47. The number of phenolic OH excluding ortho intramolecular Hbond substituents is 1. The molecule has 0 aliphatic heterocycles. The number of carboxylic acid groups (broad SMARTS) is 1. The minimum Gasteiger partial charge on any atom is -0.508 e. The van der Waals surface area contributed by atoms with Crippen molar-refractivity contribution in [3.8, 4) is 11.5 Å². The van der Waals surface area contributed by atoms with E-state index in [9.17, 15) is 19.1 Å². The zero-order chi connectivity index (χ0) is 12.3. The summed E-state index contributed by atoms with van der Waals surface area (Å²) in [7, 11) is 0. The highest BCUT2D eigenvalue weighted by Gasteiger charge is 2.23. The Labute approximate surface area is 90.1 Å². The van der Waals surface area contributed by atoms with E-state index >= 15 is 0 Å². The van der Waals surface area contributed by atoms with E-state index in [0.29, 0.717) is 0 Å². The quantitative estimate of drug-likeness (QED) is 0.597. The van der Waals surface area contributed by atoms with Gasteiger partial charge >= 0.3 is 5.97 Å². The van der Waals surface area contributed by atoms with E-state index in [-0.39, 0.29) is 12.4 Å². The minimum absolute atomic E-state index is 0.126. The highest BCUT2D eigenvalue weighted by atomic mass is 19.1. The van der Waals surface area contributed by atoms with Gasteiger partial charge < -0.3 is 14.9 Å². The third-order valence-corrected chi connectivity index (χ3v) is 1.76. The molecule has 16 heavy (non-hydrogen) atoms. The average molecular weight is 228 g/mol. The number of hydrogen-bond donors (Lipinski definition) is 2.